The van der Waals surface area contributed by atoms with Crippen molar-refractivity contribution < 1.29 is 0 Å². The van der Waals surface area contributed by atoms with E-state index in [4.69, 9.17) is 0 Å². The van der Waals surface area contributed by atoms with Crippen LogP contribution in [0.4, 0.5) is 0 Å². The number of hydrogen-bond donors (Lipinski definition) is 0. The molecule has 0 unspecified atom stereocenters. The predicted molar refractivity (Wildman–Crippen MR) is 347 cm³/mol. The van der Waals surface area contributed by atoms with Gasteiger partial charge in [0.05, 0.1) is 5.41 Å². The van der Waals surface area contributed by atoms with Crippen LogP contribution in [-0.2, 0) is 5.41 Å². The highest BCUT2D eigenvalue weighted by atomic mass is 14.5. The molecular weight excluding hydrogens is 973 g/mol. The van der Waals surface area contributed by atoms with Crippen molar-refractivity contribution in [3.8, 4) is 22.3 Å². The molecule has 8 fully saturated rings. The van der Waals surface area contributed by atoms with Crippen molar-refractivity contribution in [2.24, 2.45) is 47.3 Å². The molecule has 0 amide bonds. The molecule has 10 aliphatic rings. The summed E-state index contributed by atoms with van der Waals surface area (Å²) in [6.07, 6.45) is 67.4. The maximum Gasteiger partial charge on any atom is 0.0726 e. The molecule has 4 aromatic rings. The molecule has 1 spiro atoms. The first kappa shape index (κ1) is 54.8. The van der Waals surface area contributed by atoms with E-state index >= 15 is 0 Å². The van der Waals surface area contributed by atoms with E-state index in [2.05, 4.69) is 97.1 Å². The Hall–Kier alpha value is -4.16. The summed E-state index contributed by atoms with van der Waals surface area (Å²) in [5, 5.41) is 0. The average Bonchev–Trinajstić information content (AvgIpc) is 3.69. The van der Waals surface area contributed by atoms with Gasteiger partial charge in [-0.15, -0.1) is 0 Å². The van der Waals surface area contributed by atoms with Crippen LogP contribution in [0.1, 0.15) is 301 Å². The minimum atomic E-state index is -0.409. The number of hydrogen-bond acceptors (Lipinski definition) is 0. The zero-order valence-electron chi connectivity index (χ0n) is 50.6. The van der Waals surface area contributed by atoms with Gasteiger partial charge in [0.25, 0.3) is 0 Å². The van der Waals surface area contributed by atoms with Crippen LogP contribution in [0, 0.1) is 47.3 Å². The summed E-state index contributed by atoms with van der Waals surface area (Å²) in [7, 11) is 0. The van der Waals surface area contributed by atoms with E-state index in [1.54, 1.807) is 22.3 Å². The zero-order chi connectivity index (χ0) is 54.0. The van der Waals surface area contributed by atoms with E-state index in [0.717, 1.165) is 47.3 Å². The molecule has 8 saturated carbocycles. The fourth-order valence-electron chi connectivity index (χ4n) is 20.2. The van der Waals surface area contributed by atoms with Crippen LogP contribution in [-0.4, -0.2) is 0 Å². The normalized spacial score (nSPS) is 23.5. The summed E-state index contributed by atoms with van der Waals surface area (Å²) < 4.78 is 0. The van der Waals surface area contributed by atoms with Crippen LogP contribution in [0.5, 0.6) is 0 Å². The first-order valence-corrected chi connectivity index (χ1v) is 35.6. The molecule has 4 aromatic carbocycles. The molecule has 0 atom stereocenters. The van der Waals surface area contributed by atoms with E-state index in [9.17, 15) is 0 Å². The molecule has 0 aromatic heterocycles. The molecule has 0 heterocycles. The largest absolute Gasteiger partial charge is 0.0726 e. The van der Waals surface area contributed by atoms with Crippen molar-refractivity contribution in [1.29, 1.82) is 0 Å². The lowest BCUT2D eigenvalue weighted by Crippen LogP contribution is -2.26. The summed E-state index contributed by atoms with van der Waals surface area (Å²) in [5.41, 5.74) is 25.0. The maximum atomic E-state index is 2.81. The molecular formula is C81H104. The van der Waals surface area contributed by atoms with Crippen LogP contribution in [0.3, 0.4) is 0 Å². The van der Waals surface area contributed by atoms with Crippen molar-refractivity contribution >= 4 is 24.3 Å². The summed E-state index contributed by atoms with van der Waals surface area (Å²) >= 11 is 0. The van der Waals surface area contributed by atoms with Crippen molar-refractivity contribution in [1.82, 2.24) is 0 Å². The Morgan fingerprint density at radius 1 is 0.222 bits per heavy atom. The standard InChI is InChI=1S/C81H104/c1-9-25-61(26-10-1)73(62-27-11-2-12-28-62)49-57-41-45-69-70-46-42-58(50-74(63-29-13-3-14-30-63)64-31-15-4-16-32-64)54-78(70)81(77(69)53-57)79-55-59(51-75(65-33-17-5-18-34-65)66-35-19-6-20-36-66)43-47-71(79)72-48-44-60(56-80(72)81)52-76(67-37-21-7-22-38-67)68-39-23-8-24-40-68/h41-56,61-68H,1-40H2. The molecule has 0 nitrogen and oxygen atoms in total. The average molecular weight is 1080 g/mol. The third-order valence-corrected chi connectivity index (χ3v) is 24.3. The first-order chi connectivity index (χ1) is 40.2. The topological polar surface area (TPSA) is 0 Å². The Morgan fingerprint density at radius 3 is 0.543 bits per heavy atom. The Kier molecular flexibility index (Phi) is 17.0. The molecule has 0 heteroatoms. The lowest BCUT2D eigenvalue weighted by atomic mass is 9.68. The molecule has 428 valence electrons. The van der Waals surface area contributed by atoms with E-state index < -0.39 is 5.41 Å². The van der Waals surface area contributed by atoms with E-state index in [0.29, 0.717) is 0 Å². The van der Waals surface area contributed by atoms with Crippen LogP contribution in [0.2, 0.25) is 0 Å². The fraction of sp³-hybridized carbons (Fsp3) is 0.605. The van der Waals surface area contributed by atoms with Crippen molar-refractivity contribution in [2.75, 3.05) is 0 Å². The minimum Gasteiger partial charge on any atom is -0.0634 e. The van der Waals surface area contributed by atoms with Crippen LogP contribution in [0.25, 0.3) is 46.6 Å². The molecule has 0 saturated heterocycles. The number of fused-ring (bicyclic) bond motifs is 10. The highest BCUT2D eigenvalue weighted by molar-refractivity contribution is 5.97. The lowest BCUT2D eigenvalue weighted by Gasteiger charge is -2.34. The second kappa shape index (κ2) is 25.2. The fourth-order valence-corrected chi connectivity index (χ4v) is 20.2. The summed E-state index contributed by atoms with van der Waals surface area (Å²) in [6.45, 7) is 0. The molecule has 0 N–H and O–H groups in total. The Bertz CT molecular complexity index is 2450. The lowest BCUT2D eigenvalue weighted by molar-refractivity contribution is 0.328. The SMILES string of the molecule is C(=C(C1CCCCC1)C1CCCCC1)c1ccc2c(c1)C1(c3cc(C=C(C4CCCCC4)C4CCCCC4)ccc3-2)c2cc(C=C(C3CCCCC3)C3CCCCC3)ccc2-c2ccc(C=C(C3CCCCC3)C3CCCCC3)cc21. The van der Waals surface area contributed by atoms with Gasteiger partial charge in [-0.25, -0.2) is 0 Å². The molecule has 0 aliphatic heterocycles. The first-order valence-electron chi connectivity index (χ1n) is 35.6. The van der Waals surface area contributed by atoms with Gasteiger partial charge in [0.2, 0.25) is 0 Å². The molecule has 14 rings (SSSR count). The predicted octanol–water partition coefficient (Wildman–Crippen LogP) is 24.2. The van der Waals surface area contributed by atoms with Gasteiger partial charge < -0.3 is 0 Å². The van der Waals surface area contributed by atoms with Crippen LogP contribution >= 0.6 is 0 Å². The highest BCUT2D eigenvalue weighted by Gasteiger charge is 2.52. The number of allylic oxidation sites excluding steroid dienone is 4. The Labute approximate surface area is 493 Å². The van der Waals surface area contributed by atoms with Gasteiger partial charge in [-0.05, 0) is 241 Å². The second-order valence-corrected chi connectivity index (χ2v) is 29.2. The van der Waals surface area contributed by atoms with E-state index in [1.807, 2.05) is 22.3 Å². The Balaban J connectivity index is 1.00. The summed E-state index contributed by atoms with van der Waals surface area (Å²) in [4.78, 5) is 0. The molecule has 10 aliphatic carbocycles. The van der Waals surface area contributed by atoms with Gasteiger partial charge in [-0.1, -0.05) is 249 Å². The number of benzene rings is 4. The van der Waals surface area contributed by atoms with E-state index in [1.165, 1.54) is 301 Å². The summed E-state index contributed by atoms with van der Waals surface area (Å²) in [6, 6.07) is 32.1. The van der Waals surface area contributed by atoms with Gasteiger partial charge in [-0.3, -0.25) is 0 Å². The molecule has 81 heavy (non-hydrogen) atoms. The van der Waals surface area contributed by atoms with Crippen molar-refractivity contribution in [2.45, 2.75) is 262 Å². The smallest absolute Gasteiger partial charge is 0.0634 e. The highest BCUT2D eigenvalue weighted by Crippen LogP contribution is 2.64. The Morgan fingerprint density at radius 2 is 0.383 bits per heavy atom. The monoisotopic (exact) mass is 1080 g/mol. The van der Waals surface area contributed by atoms with Gasteiger partial charge in [0.15, 0.2) is 0 Å². The third-order valence-electron chi connectivity index (χ3n) is 24.3. The van der Waals surface area contributed by atoms with Gasteiger partial charge in [-0.2, -0.15) is 0 Å². The van der Waals surface area contributed by atoms with E-state index in [-0.39, 0.29) is 0 Å². The maximum absolute atomic E-state index is 2.81. The van der Waals surface area contributed by atoms with Crippen molar-refractivity contribution in [3.05, 3.63) is 140 Å². The van der Waals surface area contributed by atoms with Crippen LogP contribution in [0.15, 0.2) is 95.1 Å². The van der Waals surface area contributed by atoms with Crippen LogP contribution < -0.4 is 0 Å². The van der Waals surface area contributed by atoms with Crippen molar-refractivity contribution in [3.63, 3.8) is 0 Å². The van der Waals surface area contributed by atoms with Gasteiger partial charge in [0, 0.05) is 0 Å². The quantitative estimate of drug-likeness (QED) is 0.115. The number of rotatable bonds is 12. The van der Waals surface area contributed by atoms with Gasteiger partial charge in [0.1, 0.15) is 0 Å². The van der Waals surface area contributed by atoms with Gasteiger partial charge >= 0.3 is 0 Å². The zero-order valence-corrected chi connectivity index (χ0v) is 50.6. The molecule has 0 bridgehead atoms. The summed E-state index contributed by atoms with van der Waals surface area (Å²) in [5.74, 6) is 6.00. The second-order valence-electron chi connectivity index (χ2n) is 29.2. The minimum absolute atomic E-state index is 0.409. The third kappa shape index (κ3) is 11.2. The molecule has 0 radical (unpaired) electrons.